The summed E-state index contributed by atoms with van der Waals surface area (Å²) in [5.74, 6) is 0.202. The Balaban J connectivity index is 2.66. The van der Waals surface area contributed by atoms with Gasteiger partial charge in [0.2, 0.25) is 0 Å². The largest absolute Gasteiger partial charge is 0.434 e. The molecule has 5 heteroatoms. The second kappa shape index (κ2) is 6.66. The highest BCUT2D eigenvalue weighted by molar-refractivity contribution is 5.33. The third-order valence-electron chi connectivity index (χ3n) is 2.45. The van der Waals surface area contributed by atoms with Gasteiger partial charge in [0.05, 0.1) is 6.61 Å². The molecule has 1 N–H and O–H groups in total. The number of hydrogen-bond donors (Lipinski definition) is 1. The Morgan fingerprint density at radius 2 is 1.94 bits per heavy atom. The molecule has 0 fully saturated rings. The number of rotatable bonds is 7. The average Bonchev–Trinajstić information content (AvgIpc) is 2.27. The summed E-state index contributed by atoms with van der Waals surface area (Å²) in [7, 11) is 1.62. The molecule has 1 rings (SSSR count). The first-order chi connectivity index (χ1) is 8.44. The second-order valence-corrected chi connectivity index (χ2v) is 4.66. The molecule has 102 valence electrons. The zero-order valence-corrected chi connectivity index (χ0v) is 10.9. The molecule has 18 heavy (non-hydrogen) atoms. The van der Waals surface area contributed by atoms with Crippen molar-refractivity contribution in [1.29, 1.82) is 0 Å². The number of alkyl halides is 2. The summed E-state index contributed by atoms with van der Waals surface area (Å²) in [5, 5.41) is 3.24. The third-order valence-corrected chi connectivity index (χ3v) is 2.45. The number of nitrogens with one attached hydrogen (secondary N) is 1. The SMILES string of the molecule is COCC(C)(C)NCc1ccccc1OC(F)F. The Morgan fingerprint density at radius 3 is 2.56 bits per heavy atom. The molecule has 0 bridgehead atoms. The van der Waals surface area contributed by atoms with Gasteiger partial charge in [-0.05, 0) is 19.9 Å². The van der Waals surface area contributed by atoms with E-state index in [0.717, 1.165) is 0 Å². The number of ether oxygens (including phenoxy) is 2. The van der Waals surface area contributed by atoms with Gasteiger partial charge >= 0.3 is 6.61 Å². The van der Waals surface area contributed by atoms with Crippen LogP contribution in [0.4, 0.5) is 8.78 Å². The van der Waals surface area contributed by atoms with Crippen molar-refractivity contribution in [2.45, 2.75) is 32.5 Å². The Bertz CT molecular complexity index is 370. The molecule has 1 aromatic carbocycles. The molecule has 0 saturated carbocycles. The van der Waals surface area contributed by atoms with Crippen LogP contribution in [0.25, 0.3) is 0 Å². The van der Waals surface area contributed by atoms with E-state index in [4.69, 9.17) is 4.74 Å². The predicted octanol–water partition coefficient (Wildman–Crippen LogP) is 2.80. The van der Waals surface area contributed by atoms with Crippen LogP contribution in [-0.4, -0.2) is 25.9 Å². The van der Waals surface area contributed by atoms with Gasteiger partial charge < -0.3 is 14.8 Å². The van der Waals surface area contributed by atoms with E-state index >= 15 is 0 Å². The molecule has 0 amide bonds. The lowest BCUT2D eigenvalue weighted by Gasteiger charge is -2.25. The number of halogens is 2. The van der Waals surface area contributed by atoms with Gasteiger partial charge in [0.25, 0.3) is 0 Å². The van der Waals surface area contributed by atoms with Crippen LogP contribution in [0.3, 0.4) is 0 Å². The van der Waals surface area contributed by atoms with E-state index in [1.165, 1.54) is 6.07 Å². The van der Waals surface area contributed by atoms with E-state index in [1.54, 1.807) is 25.3 Å². The van der Waals surface area contributed by atoms with Crippen molar-refractivity contribution in [3.63, 3.8) is 0 Å². The highest BCUT2D eigenvalue weighted by Gasteiger charge is 2.17. The Kier molecular flexibility index (Phi) is 5.50. The van der Waals surface area contributed by atoms with E-state index in [9.17, 15) is 8.78 Å². The first-order valence-corrected chi connectivity index (χ1v) is 5.71. The van der Waals surface area contributed by atoms with Gasteiger partial charge in [0, 0.05) is 24.8 Å². The maximum atomic E-state index is 12.2. The van der Waals surface area contributed by atoms with Gasteiger partial charge in [-0.25, -0.2) is 0 Å². The molecule has 0 radical (unpaired) electrons. The van der Waals surface area contributed by atoms with Crippen molar-refractivity contribution in [3.8, 4) is 5.75 Å². The minimum Gasteiger partial charge on any atom is -0.434 e. The highest BCUT2D eigenvalue weighted by Crippen LogP contribution is 2.20. The summed E-state index contributed by atoms with van der Waals surface area (Å²) in [5.41, 5.74) is 0.467. The lowest BCUT2D eigenvalue weighted by molar-refractivity contribution is -0.0505. The van der Waals surface area contributed by atoms with Crippen LogP contribution < -0.4 is 10.1 Å². The van der Waals surface area contributed by atoms with Crippen LogP contribution >= 0.6 is 0 Å². The molecule has 0 heterocycles. The Hall–Kier alpha value is -1.20. The van der Waals surface area contributed by atoms with E-state index in [2.05, 4.69) is 10.1 Å². The highest BCUT2D eigenvalue weighted by atomic mass is 19.3. The second-order valence-electron chi connectivity index (χ2n) is 4.66. The molecule has 0 aliphatic heterocycles. The van der Waals surface area contributed by atoms with E-state index in [0.29, 0.717) is 18.7 Å². The molecule has 1 aromatic rings. The summed E-state index contributed by atoms with van der Waals surface area (Å²) in [6.07, 6.45) is 0. The third kappa shape index (κ3) is 4.98. The molecule has 0 aliphatic carbocycles. The normalized spacial score (nSPS) is 11.9. The first-order valence-electron chi connectivity index (χ1n) is 5.71. The van der Waals surface area contributed by atoms with Gasteiger partial charge in [-0.1, -0.05) is 18.2 Å². The monoisotopic (exact) mass is 259 g/mol. The van der Waals surface area contributed by atoms with Gasteiger partial charge in [-0.3, -0.25) is 0 Å². The van der Waals surface area contributed by atoms with Gasteiger partial charge in [-0.2, -0.15) is 8.78 Å². The molecular formula is C13H19F2NO2. The number of benzene rings is 1. The lowest BCUT2D eigenvalue weighted by atomic mass is 10.1. The summed E-state index contributed by atoms with van der Waals surface area (Å²) in [4.78, 5) is 0. The number of para-hydroxylation sites is 1. The Morgan fingerprint density at radius 1 is 1.28 bits per heavy atom. The summed E-state index contributed by atoms with van der Waals surface area (Å²) in [6.45, 7) is 2.13. The van der Waals surface area contributed by atoms with Gasteiger partial charge in [0.1, 0.15) is 5.75 Å². The van der Waals surface area contributed by atoms with E-state index in [-0.39, 0.29) is 11.3 Å². The predicted molar refractivity (Wildman–Crippen MR) is 65.9 cm³/mol. The van der Waals surface area contributed by atoms with Crippen LogP contribution in [0, 0.1) is 0 Å². The van der Waals surface area contributed by atoms with Crippen LogP contribution in [0.2, 0.25) is 0 Å². The fourth-order valence-corrected chi connectivity index (χ4v) is 1.61. The van der Waals surface area contributed by atoms with Crippen molar-refractivity contribution in [3.05, 3.63) is 29.8 Å². The van der Waals surface area contributed by atoms with Crippen LogP contribution in [0.15, 0.2) is 24.3 Å². The molecule has 0 aromatic heterocycles. The first kappa shape index (κ1) is 14.9. The minimum atomic E-state index is -2.81. The summed E-state index contributed by atoms with van der Waals surface area (Å²) < 4.78 is 34.0. The molecular weight excluding hydrogens is 240 g/mol. The molecule has 0 saturated heterocycles. The average molecular weight is 259 g/mol. The Labute approximate surface area is 106 Å². The number of hydrogen-bond acceptors (Lipinski definition) is 3. The standard InChI is InChI=1S/C13H19F2NO2/c1-13(2,9-17-3)16-8-10-6-4-5-7-11(10)18-12(14)15/h4-7,12,16H,8-9H2,1-3H3. The summed E-state index contributed by atoms with van der Waals surface area (Å²) in [6, 6.07) is 6.75. The lowest BCUT2D eigenvalue weighted by Crippen LogP contribution is -2.42. The van der Waals surface area contributed by atoms with Crippen molar-refractivity contribution in [1.82, 2.24) is 5.32 Å². The van der Waals surface area contributed by atoms with Crippen LogP contribution in [-0.2, 0) is 11.3 Å². The van der Waals surface area contributed by atoms with Crippen LogP contribution in [0.5, 0.6) is 5.75 Å². The maximum absolute atomic E-state index is 12.2. The quantitative estimate of drug-likeness (QED) is 0.816. The summed E-state index contributed by atoms with van der Waals surface area (Å²) >= 11 is 0. The molecule has 0 unspecified atom stereocenters. The molecule has 0 aliphatic rings. The van der Waals surface area contributed by atoms with Crippen LogP contribution in [0.1, 0.15) is 19.4 Å². The smallest absolute Gasteiger partial charge is 0.387 e. The fraction of sp³-hybridized carbons (Fsp3) is 0.538. The minimum absolute atomic E-state index is 0.202. The zero-order chi connectivity index (χ0) is 13.6. The molecule has 3 nitrogen and oxygen atoms in total. The van der Waals surface area contributed by atoms with Crippen molar-refractivity contribution >= 4 is 0 Å². The van der Waals surface area contributed by atoms with Crippen molar-refractivity contribution in [2.75, 3.05) is 13.7 Å². The number of methoxy groups -OCH3 is 1. The maximum Gasteiger partial charge on any atom is 0.387 e. The van der Waals surface area contributed by atoms with Crippen molar-refractivity contribution in [2.24, 2.45) is 0 Å². The fourth-order valence-electron chi connectivity index (χ4n) is 1.61. The van der Waals surface area contributed by atoms with E-state index in [1.807, 2.05) is 13.8 Å². The van der Waals surface area contributed by atoms with Gasteiger partial charge in [0.15, 0.2) is 0 Å². The van der Waals surface area contributed by atoms with E-state index < -0.39 is 6.61 Å². The molecule has 0 atom stereocenters. The molecule has 0 spiro atoms. The topological polar surface area (TPSA) is 30.5 Å². The zero-order valence-electron chi connectivity index (χ0n) is 10.9. The van der Waals surface area contributed by atoms with Gasteiger partial charge in [-0.15, -0.1) is 0 Å². The van der Waals surface area contributed by atoms with Crippen molar-refractivity contribution < 1.29 is 18.3 Å².